The fourth-order valence-electron chi connectivity index (χ4n) is 1.09. The van der Waals surface area contributed by atoms with Gasteiger partial charge in [0.1, 0.15) is 5.82 Å². The molecule has 2 aromatic carbocycles. The predicted octanol–water partition coefficient (Wildman–Crippen LogP) is 4.13. The first kappa shape index (κ1) is 11.4. The first-order valence-corrected chi connectivity index (χ1v) is 4.93. The summed E-state index contributed by atoms with van der Waals surface area (Å²) < 4.78 is 12.3. The average Bonchev–Trinajstić information content (AvgIpc) is 2.25. The minimum atomic E-state index is -0.132. The zero-order valence-corrected chi connectivity index (χ0v) is 9.07. The van der Waals surface area contributed by atoms with Gasteiger partial charge in [-0.3, -0.25) is 0 Å². The number of aryl methyl sites for hydroxylation is 2. The Morgan fingerprint density at radius 2 is 1.27 bits per heavy atom. The quantitative estimate of drug-likeness (QED) is 0.602. The highest BCUT2D eigenvalue weighted by atomic mass is 19.1. The first-order valence-electron chi connectivity index (χ1n) is 4.93. The molecular weight excluding hydrogens is 187 g/mol. The normalized spacial score (nSPS) is 9.00. The molecule has 0 bridgehead atoms. The molecule has 0 radical (unpaired) electrons. The second kappa shape index (κ2) is 5.97. The zero-order chi connectivity index (χ0) is 11.1. The van der Waals surface area contributed by atoms with Crippen LogP contribution in [0.3, 0.4) is 0 Å². The van der Waals surface area contributed by atoms with Crippen LogP contribution in [0.15, 0.2) is 54.6 Å². The molecule has 0 N–H and O–H groups in total. The highest BCUT2D eigenvalue weighted by Gasteiger charge is 1.88. The average molecular weight is 202 g/mol. The molecule has 0 aromatic heterocycles. The Balaban J connectivity index is 0.000000151. The molecule has 2 rings (SSSR count). The summed E-state index contributed by atoms with van der Waals surface area (Å²) in [4.78, 5) is 0. The number of rotatable bonds is 0. The lowest BCUT2D eigenvalue weighted by molar-refractivity contribution is 0.618. The van der Waals surface area contributed by atoms with E-state index < -0.39 is 0 Å². The van der Waals surface area contributed by atoms with Gasteiger partial charge in [0.15, 0.2) is 0 Å². The summed E-state index contributed by atoms with van der Waals surface area (Å²) in [5, 5.41) is 0. The molecule has 0 fully saturated rings. The monoisotopic (exact) mass is 202 g/mol. The van der Waals surface area contributed by atoms with E-state index in [4.69, 9.17) is 0 Å². The standard InChI is InChI=1S/C7H7F.C7H8/c1-6-4-2-3-5-7(6)8;1-7-5-3-2-4-6-7/h2-5H,1H3;2-6H,1H3. The molecule has 0 amide bonds. The highest BCUT2D eigenvalue weighted by molar-refractivity contribution is 5.14. The SMILES string of the molecule is Cc1ccccc1.Cc1ccccc1F. The second-order valence-electron chi connectivity index (χ2n) is 3.40. The maximum atomic E-state index is 12.3. The Morgan fingerprint density at radius 3 is 1.60 bits per heavy atom. The van der Waals surface area contributed by atoms with Gasteiger partial charge >= 0.3 is 0 Å². The molecule has 0 aliphatic carbocycles. The minimum absolute atomic E-state index is 0.132. The maximum absolute atomic E-state index is 12.3. The van der Waals surface area contributed by atoms with Gasteiger partial charge in [-0.05, 0) is 25.5 Å². The van der Waals surface area contributed by atoms with Crippen LogP contribution in [0.5, 0.6) is 0 Å². The van der Waals surface area contributed by atoms with Crippen molar-refractivity contribution in [2.75, 3.05) is 0 Å². The van der Waals surface area contributed by atoms with Gasteiger partial charge in [0.2, 0.25) is 0 Å². The summed E-state index contributed by atoms with van der Waals surface area (Å²) in [6.45, 7) is 3.83. The van der Waals surface area contributed by atoms with E-state index in [1.165, 1.54) is 11.6 Å². The van der Waals surface area contributed by atoms with E-state index in [1.807, 2.05) is 24.3 Å². The Hall–Kier alpha value is -1.63. The number of benzene rings is 2. The van der Waals surface area contributed by atoms with Crippen LogP contribution in [0.2, 0.25) is 0 Å². The van der Waals surface area contributed by atoms with Gasteiger partial charge in [0, 0.05) is 0 Å². The van der Waals surface area contributed by atoms with Crippen LogP contribution in [0.1, 0.15) is 11.1 Å². The van der Waals surface area contributed by atoms with E-state index in [9.17, 15) is 4.39 Å². The van der Waals surface area contributed by atoms with Crippen molar-refractivity contribution in [2.24, 2.45) is 0 Å². The lowest BCUT2D eigenvalue weighted by Gasteiger charge is -1.89. The number of halogens is 1. The number of hydrogen-bond donors (Lipinski definition) is 0. The van der Waals surface area contributed by atoms with Gasteiger partial charge in [-0.25, -0.2) is 4.39 Å². The molecule has 0 nitrogen and oxygen atoms in total. The van der Waals surface area contributed by atoms with Crippen molar-refractivity contribution < 1.29 is 4.39 Å². The van der Waals surface area contributed by atoms with E-state index in [0.717, 1.165) is 0 Å². The smallest absolute Gasteiger partial charge is 0.126 e. The van der Waals surface area contributed by atoms with Gasteiger partial charge in [0.25, 0.3) is 0 Å². The largest absolute Gasteiger partial charge is 0.207 e. The Labute approximate surface area is 90.4 Å². The van der Waals surface area contributed by atoms with Gasteiger partial charge in [-0.15, -0.1) is 0 Å². The molecule has 0 saturated heterocycles. The summed E-state index contributed by atoms with van der Waals surface area (Å²) in [5.41, 5.74) is 2.02. The molecule has 0 atom stereocenters. The van der Waals surface area contributed by atoms with Crippen LogP contribution in [0.4, 0.5) is 4.39 Å². The molecule has 2 aromatic rings. The number of hydrogen-bond acceptors (Lipinski definition) is 0. The lowest BCUT2D eigenvalue weighted by atomic mass is 10.2. The van der Waals surface area contributed by atoms with Gasteiger partial charge < -0.3 is 0 Å². The highest BCUT2D eigenvalue weighted by Crippen LogP contribution is 2.02. The first-order chi connectivity index (χ1) is 7.20. The van der Waals surface area contributed by atoms with Crippen LogP contribution in [0, 0.1) is 19.7 Å². The molecule has 78 valence electrons. The van der Waals surface area contributed by atoms with E-state index >= 15 is 0 Å². The van der Waals surface area contributed by atoms with Gasteiger partial charge in [-0.2, -0.15) is 0 Å². The molecule has 0 saturated carbocycles. The Kier molecular flexibility index (Phi) is 4.55. The summed E-state index contributed by atoms with van der Waals surface area (Å²) >= 11 is 0. The van der Waals surface area contributed by atoms with Crippen LogP contribution >= 0.6 is 0 Å². The van der Waals surface area contributed by atoms with Gasteiger partial charge in [-0.1, -0.05) is 54.1 Å². The Bertz CT molecular complexity index is 372. The van der Waals surface area contributed by atoms with E-state index in [2.05, 4.69) is 19.1 Å². The predicted molar refractivity (Wildman–Crippen MR) is 62.3 cm³/mol. The van der Waals surface area contributed by atoms with Crippen molar-refractivity contribution in [3.05, 3.63) is 71.5 Å². The molecular formula is C14H15F. The van der Waals surface area contributed by atoms with E-state index in [-0.39, 0.29) is 5.82 Å². The van der Waals surface area contributed by atoms with Crippen LogP contribution in [-0.4, -0.2) is 0 Å². The minimum Gasteiger partial charge on any atom is -0.207 e. The summed E-state index contributed by atoms with van der Waals surface area (Å²) in [6, 6.07) is 17.0. The lowest BCUT2D eigenvalue weighted by Crippen LogP contribution is -1.76. The molecule has 0 unspecified atom stereocenters. The van der Waals surface area contributed by atoms with Crippen LogP contribution in [0.25, 0.3) is 0 Å². The summed E-state index contributed by atoms with van der Waals surface area (Å²) in [7, 11) is 0. The third kappa shape index (κ3) is 4.41. The molecule has 0 aliphatic rings. The van der Waals surface area contributed by atoms with Crippen molar-refractivity contribution in [3.63, 3.8) is 0 Å². The second-order valence-corrected chi connectivity index (χ2v) is 3.40. The fourth-order valence-corrected chi connectivity index (χ4v) is 1.09. The topological polar surface area (TPSA) is 0 Å². The molecule has 1 heteroatoms. The third-order valence-corrected chi connectivity index (χ3v) is 2.02. The Morgan fingerprint density at radius 1 is 0.733 bits per heavy atom. The third-order valence-electron chi connectivity index (χ3n) is 2.02. The van der Waals surface area contributed by atoms with Crippen LogP contribution < -0.4 is 0 Å². The van der Waals surface area contributed by atoms with E-state index in [1.54, 1.807) is 19.1 Å². The molecule has 0 heterocycles. The summed E-state index contributed by atoms with van der Waals surface area (Å²) in [5.74, 6) is -0.132. The van der Waals surface area contributed by atoms with Crippen molar-refractivity contribution in [2.45, 2.75) is 13.8 Å². The molecule has 15 heavy (non-hydrogen) atoms. The summed E-state index contributed by atoms with van der Waals surface area (Å²) in [6.07, 6.45) is 0. The molecule has 0 aliphatic heterocycles. The van der Waals surface area contributed by atoms with Crippen LogP contribution in [-0.2, 0) is 0 Å². The van der Waals surface area contributed by atoms with E-state index in [0.29, 0.717) is 5.56 Å². The molecule has 0 spiro atoms. The maximum Gasteiger partial charge on any atom is 0.126 e. The van der Waals surface area contributed by atoms with Crippen molar-refractivity contribution in [1.82, 2.24) is 0 Å². The fraction of sp³-hybridized carbons (Fsp3) is 0.143. The zero-order valence-electron chi connectivity index (χ0n) is 9.07. The van der Waals surface area contributed by atoms with Crippen molar-refractivity contribution >= 4 is 0 Å². The van der Waals surface area contributed by atoms with Crippen molar-refractivity contribution in [1.29, 1.82) is 0 Å². The van der Waals surface area contributed by atoms with Crippen molar-refractivity contribution in [3.8, 4) is 0 Å². The van der Waals surface area contributed by atoms with Gasteiger partial charge in [0.05, 0.1) is 0 Å².